The molecule has 1 rings (SSSR count). The molecule has 0 aromatic rings. The van der Waals surface area contributed by atoms with Crippen molar-refractivity contribution in [2.24, 2.45) is 21.3 Å². The van der Waals surface area contributed by atoms with E-state index in [0.29, 0.717) is 6.42 Å². The van der Waals surface area contributed by atoms with Crippen molar-refractivity contribution < 1.29 is 10.2 Å². The highest BCUT2D eigenvalue weighted by atomic mass is 17.2. The molecule has 0 radical (unpaired) electrons. The zero-order valence-electron chi connectivity index (χ0n) is 8.48. The fourth-order valence-corrected chi connectivity index (χ4v) is 1.44. The Kier molecular flexibility index (Phi) is 2.95. The molecule has 0 aliphatic carbocycles. The summed E-state index contributed by atoms with van der Waals surface area (Å²) >= 11 is 0. The third-order valence-corrected chi connectivity index (χ3v) is 2.51. The third kappa shape index (κ3) is 1.95. The van der Waals surface area contributed by atoms with E-state index in [2.05, 4.69) is 20.4 Å². The van der Waals surface area contributed by atoms with Crippen molar-refractivity contribution in [1.29, 1.82) is 5.41 Å². The average Bonchev–Trinajstić information content (AvgIpc) is 2.12. The lowest BCUT2D eigenvalue weighted by Gasteiger charge is -2.30. The SMILES string of the molecule is CC1=NC(=N)C(C)(N=NOO)CC1C. The lowest BCUT2D eigenvalue weighted by atomic mass is 9.84. The summed E-state index contributed by atoms with van der Waals surface area (Å²) in [6, 6.07) is 0. The Morgan fingerprint density at radius 1 is 1.71 bits per heavy atom. The molecule has 78 valence electrons. The Morgan fingerprint density at radius 2 is 2.36 bits per heavy atom. The molecule has 14 heavy (non-hydrogen) atoms. The zero-order valence-corrected chi connectivity index (χ0v) is 8.48. The van der Waals surface area contributed by atoms with Crippen LogP contribution in [0.5, 0.6) is 0 Å². The Hall–Kier alpha value is -1.30. The van der Waals surface area contributed by atoms with E-state index in [0.717, 1.165) is 5.71 Å². The van der Waals surface area contributed by atoms with E-state index in [-0.39, 0.29) is 11.8 Å². The molecule has 2 N–H and O–H groups in total. The topological polar surface area (TPSA) is 90.4 Å². The summed E-state index contributed by atoms with van der Waals surface area (Å²) < 4.78 is 0. The molecule has 6 nitrogen and oxygen atoms in total. The number of nitrogens with one attached hydrogen (secondary N) is 1. The van der Waals surface area contributed by atoms with Crippen molar-refractivity contribution >= 4 is 11.5 Å². The van der Waals surface area contributed by atoms with Gasteiger partial charge in [0, 0.05) is 5.71 Å². The van der Waals surface area contributed by atoms with Crippen molar-refractivity contribution in [3.63, 3.8) is 0 Å². The number of aliphatic imine (C=N–C) groups is 1. The second-order valence-corrected chi connectivity index (χ2v) is 3.74. The van der Waals surface area contributed by atoms with Gasteiger partial charge in [-0.15, -0.1) is 5.11 Å². The minimum Gasteiger partial charge on any atom is -0.285 e. The molecular formula is C8H14N4O2. The molecule has 0 spiro atoms. The van der Waals surface area contributed by atoms with Crippen molar-refractivity contribution in [2.45, 2.75) is 32.7 Å². The first-order valence-corrected chi connectivity index (χ1v) is 4.36. The van der Waals surface area contributed by atoms with E-state index < -0.39 is 5.54 Å². The minimum absolute atomic E-state index is 0.147. The molecule has 6 heteroatoms. The minimum atomic E-state index is -0.790. The highest BCUT2D eigenvalue weighted by Crippen LogP contribution is 2.28. The average molecular weight is 198 g/mol. The highest BCUT2D eigenvalue weighted by molar-refractivity contribution is 6.03. The van der Waals surface area contributed by atoms with E-state index in [4.69, 9.17) is 10.7 Å². The summed E-state index contributed by atoms with van der Waals surface area (Å²) in [6.45, 7) is 5.64. The zero-order chi connectivity index (χ0) is 10.8. The van der Waals surface area contributed by atoms with E-state index in [9.17, 15) is 0 Å². The van der Waals surface area contributed by atoms with Crippen LogP contribution in [-0.2, 0) is 4.99 Å². The number of rotatable bonds is 2. The van der Waals surface area contributed by atoms with Gasteiger partial charge in [0.05, 0.1) is 5.28 Å². The van der Waals surface area contributed by atoms with Crippen LogP contribution in [0.1, 0.15) is 27.2 Å². The summed E-state index contributed by atoms with van der Waals surface area (Å²) in [5.41, 5.74) is 0.134. The summed E-state index contributed by atoms with van der Waals surface area (Å²) in [6.07, 6.45) is 0.647. The van der Waals surface area contributed by atoms with E-state index in [1.165, 1.54) is 0 Å². The number of nitrogens with zero attached hydrogens (tertiary/aromatic N) is 3. The van der Waals surface area contributed by atoms with Crippen LogP contribution in [0, 0.1) is 11.3 Å². The monoisotopic (exact) mass is 198 g/mol. The maximum absolute atomic E-state index is 8.05. The van der Waals surface area contributed by atoms with Gasteiger partial charge >= 0.3 is 0 Å². The smallest absolute Gasteiger partial charge is 0.150 e. The van der Waals surface area contributed by atoms with Gasteiger partial charge in [0.25, 0.3) is 0 Å². The normalized spacial score (nSPS) is 33.3. The van der Waals surface area contributed by atoms with Crippen LogP contribution in [0.15, 0.2) is 15.4 Å². The Morgan fingerprint density at radius 3 is 2.93 bits per heavy atom. The summed E-state index contributed by atoms with van der Waals surface area (Å²) in [5, 5.41) is 22.5. The van der Waals surface area contributed by atoms with Gasteiger partial charge in [0.2, 0.25) is 0 Å². The molecule has 0 saturated carbocycles. The predicted molar refractivity (Wildman–Crippen MR) is 51.6 cm³/mol. The van der Waals surface area contributed by atoms with Crippen molar-refractivity contribution in [2.75, 3.05) is 0 Å². The van der Waals surface area contributed by atoms with Gasteiger partial charge < -0.3 is 0 Å². The van der Waals surface area contributed by atoms with E-state index >= 15 is 0 Å². The highest BCUT2D eigenvalue weighted by Gasteiger charge is 2.36. The molecule has 0 aromatic heterocycles. The van der Waals surface area contributed by atoms with Gasteiger partial charge in [0.1, 0.15) is 11.4 Å². The molecule has 1 aliphatic heterocycles. The standard InChI is InChI=1S/C8H14N4O2/c1-5-4-8(3,11-12-14-13)7(9)10-6(5)2/h5,9,13H,4H2,1-3H3. The first kappa shape index (κ1) is 10.8. The summed E-state index contributed by atoms with van der Waals surface area (Å²) in [7, 11) is 0. The molecule has 0 saturated heterocycles. The van der Waals surface area contributed by atoms with Crippen LogP contribution in [0.2, 0.25) is 0 Å². The van der Waals surface area contributed by atoms with Crippen LogP contribution in [0.3, 0.4) is 0 Å². The number of hydrogen-bond donors (Lipinski definition) is 2. The third-order valence-electron chi connectivity index (χ3n) is 2.51. The van der Waals surface area contributed by atoms with Gasteiger partial charge in [-0.3, -0.25) is 5.41 Å². The van der Waals surface area contributed by atoms with Crippen molar-refractivity contribution in [1.82, 2.24) is 0 Å². The van der Waals surface area contributed by atoms with E-state index in [1.54, 1.807) is 6.92 Å². The number of hydrogen-bond acceptors (Lipinski definition) is 5. The van der Waals surface area contributed by atoms with Crippen LogP contribution in [-0.4, -0.2) is 22.3 Å². The van der Waals surface area contributed by atoms with E-state index in [1.807, 2.05) is 13.8 Å². The molecule has 2 atom stereocenters. The molecule has 0 fully saturated rings. The fourth-order valence-electron chi connectivity index (χ4n) is 1.44. The molecule has 0 amide bonds. The van der Waals surface area contributed by atoms with Gasteiger partial charge in [-0.1, -0.05) is 6.92 Å². The van der Waals surface area contributed by atoms with Gasteiger partial charge in [-0.05, 0) is 26.2 Å². The summed E-state index contributed by atoms with van der Waals surface area (Å²) in [5.74, 6) is 0.403. The van der Waals surface area contributed by atoms with Crippen LogP contribution in [0.25, 0.3) is 0 Å². The molecular weight excluding hydrogens is 184 g/mol. The van der Waals surface area contributed by atoms with Crippen molar-refractivity contribution in [3.05, 3.63) is 0 Å². The second kappa shape index (κ2) is 3.83. The Labute approximate surface area is 82.1 Å². The molecule has 0 aromatic carbocycles. The van der Waals surface area contributed by atoms with Crippen molar-refractivity contribution in [3.8, 4) is 0 Å². The molecule has 1 aliphatic rings. The largest absolute Gasteiger partial charge is 0.285 e. The molecule has 0 bridgehead atoms. The molecule has 1 heterocycles. The Bertz CT molecular complexity index is 300. The van der Waals surface area contributed by atoms with Crippen LogP contribution >= 0.6 is 0 Å². The lowest BCUT2D eigenvalue weighted by Crippen LogP contribution is -2.39. The van der Waals surface area contributed by atoms with Gasteiger partial charge in [-0.25, -0.2) is 9.98 Å². The van der Waals surface area contributed by atoms with Gasteiger partial charge in [0.15, 0.2) is 0 Å². The predicted octanol–water partition coefficient (Wildman–Crippen LogP) is 2.08. The van der Waals surface area contributed by atoms with Crippen LogP contribution in [0.4, 0.5) is 0 Å². The Balaban J connectivity index is 2.92. The second-order valence-electron chi connectivity index (χ2n) is 3.74. The molecule has 2 unspecified atom stereocenters. The first-order valence-electron chi connectivity index (χ1n) is 4.36. The van der Waals surface area contributed by atoms with Gasteiger partial charge in [-0.2, -0.15) is 5.26 Å². The first-order chi connectivity index (χ1) is 6.49. The lowest BCUT2D eigenvalue weighted by molar-refractivity contribution is -0.252. The quantitative estimate of drug-likeness (QED) is 0.404. The summed E-state index contributed by atoms with van der Waals surface area (Å²) in [4.78, 5) is 7.61. The maximum Gasteiger partial charge on any atom is 0.150 e. The number of amidine groups is 1. The fraction of sp³-hybridized carbons (Fsp3) is 0.750. The maximum atomic E-state index is 8.05. The van der Waals surface area contributed by atoms with Crippen LogP contribution < -0.4 is 0 Å².